The number of piperazine rings is 1. The van der Waals surface area contributed by atoms with E-state index in [1.165, 1.54) is 5.56 Å². The van der Waals surface area contributed by atoms with E-state index in [2.05, 4.69) is 47.9 Å². The molecule has 0 spiro atoms. The first-order chi connectivity index (χ1) is 9.10. The second kappa shape index (κ2) is 6.46. The maximum absolute atomic E-state index is 6.40. The molecule has 0 aromatic carbocycles. The van der Waals surface area contributed by atoms with Crippen molar-refractivity contribution in [3.63, 3.8) is 0 Å². The monoisotopic (exact) mass is 262 g/mol. The van der Waals surface area contributed by atoms with E-state index in [0.717, 1.165) is 38.2 Å². The van der Waals surface area contributed by atoms with Crippen molar-refractivity contribution in [1.82, 2.24) is 14.8 Å². The van der Waals surface area contributed by atoms with Crippen molar-refractivity contribution >= 4 is 0 Å². The predicted molar refractivity (Wildman–Crippen MR) is 79.2 cm³/mol. The molecule has 2 N–H and O–H groups in total. The van der Waals surface area contributed by atoms with Crippen LogP contribution in [0.2, 0.25) is 0 Å². The third kappa shape index (κ3) is 3.75. The normalized spacial score (nSPS) is 23.5. The molecular formula is C15H26N4. The molecule has 2 rings (SSSR count). The van der Waals surface area contributed by atoms with Gasteiger partial charge in [-0.05, 0) is 32.1 Å². The van der Waals surface area contributed by atoms with E-state index < -0.39 is 0 Å². The minimum Gasteiger partial charge on any atom is -0.326 e. The van der Waals surface area contributed by atoms with Gasteiger partial charge in [-0.1, -0.05) is 13.0 Å². The van der Waals surface area contributed by atoms with Gasteiger partial charge in [0.15, 0.2) is 0 Å². The fourth-order valence-corrected chi connectivity index (χ4v) is 2.67. The lowest BCUT2D eigenvalue weighted by atomic mass is 9.99. The van der Waals surface area contributed by atoms with E-state index in [-0.39, 0.29) is 6.04 Å². The molecule has 0 radical (unpaired) electrons. The number of likely N-dealkylation sites (N-methyl/N-ethyl adjacent to an activating group) is 2. The first-order valence-corrected chi connectivity index (χ1v) is 7.18. The Kier molecular flexibility index (Phi) is 4.91. The van der Waals surface area contributed by atoms with Gasteiger partial charge in [-0.2, -0.15) is 0 Å². The van der Waals surface area contributed by atoms with E-state index in [0.29, 0.717) is 6.04 Å². The predicted octanol–water partition coefficient (Wildman–Crippen LogP) is 0.760. The highest BCUT2D eigenvalue weighted by atomic mass is 15.3. The zero-order chi connectivity index (χ0) is 13.8. The number of nitrogens with two attached hydrogens (primary N) is 1. The highest BCUT2D eigenvalue weighted by molar-refractivity contribution is 5.15. The minimum atomic E-state index is 0.146. The van der Waals surface area contributed by atoms with Crippen LogP contribution in [0.5, 0.6) is 0 Å². The van der Waals surface area contributed by atoms with Gasteiger partial charge in [-0.25, -0.2) is 0 Å². The van der Waals surface area contributed by atoms with Crippen LogP contribution in [0.4, 0.5) is 0 Å². The van der Waals surface area contributed by atoms with E-state index in [1.54, 1.807) is 0 Å². The zero-order valence-corrected chi connectivity index (χ0v) is 12.3. The molecule has 2 atom stereocenters. The van der Waals surface area contributed by atoms with Crippen LogP contribution in [-0.4, -0.2) is 60.6 Å². The lowest BCUT2D eigenvalue weighted by molar-refractivity contribution is 0.0971. The zero-order valence-electron chi connectivity index (χ0n) is 12.3. The maximum atomic E-state index is 6.40. The fraction of sp³-hybridized carbons (Fsp3) is 0.667. The van der Waals surface area contributed by atoms with Crippen molar-refractivity contribution < 1.29 is 0 Å². The quantitative estimate of drug-likeness (QED) is 0.870. The number of hydrogen-bond acceptors (Lipinski definition) is 4. The third-order valence-electron chi connectivity index (χ3n) is 4.13. The second-order valence-electron chi connectivity index (χ2n) is 5.69. The van der Waals surface area contributed by atoms with E-state index in [4.69, 9.17) is 5.73 Å². The standard InChI is InChI=1S/C15H26N4/c1-4-12-5-6-13(17-10-12)9-14(16)15-11-18(2)7-8-19(15)3/h5-6,10,14-15H,4,7-9,11,16H2,1-3H3. The van der Waals surface area contributed by atoms with E-state index in [1.807, 2.05) is 6.20 Å². The van der Waals surface area contributed by atoms with E-state index in [9.17, 15) is 0 Å². The van der Waals surface area contributed by atoms with Crippen molar-refractivity contribution in [2.45, 2.75) is 31.8 Å². The smallest absolute Gasteiger partial charge is 0.0419 e. The van der Waals surface area contributed by atoms with Crippen LogP contribution < -0.4 is 5.73 Å². The molecule has 4 nitrogen and oxygen atoms in total. The molecule has 1 aromatic rings. The highest BCUT2D eigenvalue weighted by Gasteiger charge is 2.27. The Bertz CT molecular complexity index is 390. The van der Waals surface area contributed by atoms with Crippen LogP contribution in [0.15, 0.2) is 18.3 Å². The molecule has 1 aliphatic rings. The lowest BCUT2D eigenvalue weighted by Crippen LogP contribution is -2.58. The van der Waals surface area contributed by atoms with Crippen molar-refractivity contribution in [3.05, 3.63) is 29.6 Å². The molecule has 0 bridgehead atoms. The number of rotatable bonds is 4. The van der Waals surface area contributed by atoms with E-state index >= 15 is 0 Å². The van der Waals surface area contributed by atoms with Crippen molar-refractivity contribution in [2.75, 3.05) is 33.7 Å². The van der Waals surface area contributed by atoms with Crippen LogP contribution in [0.25, 0.3) is 0 Å². The van der Waals surface area contributed by atoms with Gasteiger partial charge >= 0.3 is 0 Å². The third-order valence-corrected chi connectivity index (χ3v) is 4.13. The summed E-state index contributed by atoms with van der Waals surface area (Å²) in [7, 11) is 4.34. The molecule has 19 heavy (non-hydrogen) atoms. The molecule has 0 saturated carbocycles. The first-order valence-electron chi connectivity index (χ1n) is 7.18. The Balaban J connectivity index is 1.96. The average Bonchev–Trinajstić information content (AvgIpc) is 2.42. The molecule has 1 aromatic heterocycles. The molecule has 1 aliphatic heterocycles. The molecular weight excluding hydrogens is 236 g/mol. The summed E-state index contributed by atoms with van der Waals surface area (Å²) in [5.74, 6) is 0. The second-order valence-corrected chi connectivity index (χ2v) is 5.69. The molecule has 1 fully saturated rings. The Morgan fingerprint density at radius 3 is 2.79 bits per heavy atom. The minimum absolute atomic E-state index is 0.146. The number of pyridine rings is 1. The maximum Gasteiger partial charge on any atom is 0.0419 e. The van der Waals surface area contributed by atoms with Crippen molar-refractivity contribution in [1.29, 1.82) is 0 Å². The largest absolute Gasteiger partial charge is 0.326 e. The molecule has 106 valence electrons. The van der Waals surface area contributed by atoms with Crippen LogP contribution in [0.3, 0.4) is 0 Å². The summed E-state index contributed by atoms with van der Waals surface area (Å²) in [4.78, 5) is 9.26. The van der Waals surface area contributed by atoms with Gasteiger partial charge in [0.05, 0.1) is 0 Å². The summed E-state index contributed by atoms with van der Waals surface area (Å²) in [6.45, 7) is 5.42. The summed E-state index contributed by atoms with van der Waals surface area (Å²) >= 11 is 0. The van der Waals surface area contributed by atoms with Gasteiger partial charge < -0.3 is 10.6 Å². The molecule has 4 heteroatoms. The number of aryl methyl sites for hydroxylation is 1. The van der Waals surface area contributed by atoms with Gasteiger partial charge in [0.2, 0.25) is 0 Å². The van der Waals surface area contributed by atoms with Gasteiger partial charge in [0, 0.05) is 50.0 Å². The van der Waals surface area contributed by atoms with Crippen LogP contribution in [0.1, 0.15) is 18.2 Å². The number of aromatic nitrogens is 1. The lowest BCUT2D eigenvalue weighted by Gasteiger charge is -2.40. The molecule has 0 aliphatic carbocycles. The summed E-state index contributed by atoms with van der Waals surface area (Å²) < 4.78 is 0. The van der Waals surface area contributed by atoms with Crippen LogP contribution >= 0.6 is 0 Å². The molecule has 2 unspecified atom stereocenters. The van der Waals surface area contributed by atoms with Gasteiger partial charge in [-0.3, -0.25) is 9.88 Å². The van der Waals surface area contributed by atoms with Crippen LogP contribution in [0, 0.1) is 0 Å². The summed E-state index contributed by atoms with van der Waals surface area (Å²) in [6.07, 6.45) is 3.86. The number of hydrogen-bond donors (Lipinski definition) is 1. The van der Waals surface area contributed by atoms with Crippen LogP contribution in [-0.2, 0) is 12.8 Å². The average molecular weight is 262 g/mol. The van der Waals surface area contributed by atoms with Gasteiger partial charge in [0.25, 0.3) is 0 Å². The van der Waals surface area contributed by atoms with Gasteiger partial charge in [-0.15, -0.1) is 0 Å². The summed E-state index contributed by atoms with van der Waals surface area (Å²) in [5, 5.41) is 0. The molecule has 0 amide bonds. The SMILES string of the molecule is CCc1ccc(CC(N)C2CN(C)CCN2C)nc1. The summed E-state index contributed by atoms with van der Waals surface area (Å²) in [6, 6.07) is 4.84. The molecule has 1 saturated heterocycles. The fourth-order valence-electron chi connectivity index (χ4n) is 2.67. The Labute approximate surface area is 116 Å². The number of nitrogens with zero attached hydrogens (tertiary/aromatic N) is 3. The van der Waals surface area contributed by atoms with Gasteiger partial charge in [0.1, 0.15) is 0 Å². The van der Waals surface area contributed by atoms with Crippen molar-refractivity contribution in [2.24, 2.45) is 5.73 Å². The molecule has 2 heterocycles. The van der Waals surface area contributed by atoms with Crippen molar-refractivity contribution in [3.8, 4) is 0 Å². The Hall–Kier alpha value is -0.970. The Morgan fingerprint density at radius 1 is 1.37 bits per heavy atom. The summed E-state index contributed by atoms with van der Waals surface area (Å²) in [5.41, 5.74) is 8.78. The highest BCUT2D eigenvalue weighted by Crippen LogP contribution is 2.12. The topological polar surface area (TPSA) is 45.4 Å². The Morgan fingerprint density at radius 2 is 2.16 bits per heavy atom. The first kappa shape index (κ1) is 14.4.